The van der Waals surface area contributed by atoms with E-state index in [9.17, 15) is 22.8 Å². The predicted molar refractivity (Wildman–Crippen MR) is 120 cm³/mol. The summed E-state index contributed by atoms with van der Waals surface area (Å²) < 4.78 is 31.9. The highest BCUT2D eigenvalue weighted by Crippen LogP contribution is 2.21. The van der Waals surface area contributed by atoms with Gasteiger partial charge in [0.05, 0.1) is 4.90 Å². The number of carbonyl (C=O) groups is 3. The molecule has 0 atom stereocenters. The Labute approximate surface area is 189 Å². The summed E-state index contributed by atoms with van der Waals surface area (Å²) in [6, 6.07) is 5.56. The fraction of sp³-hybridized carbons (Fsp3) is 0.500. The van der Waals surface area contributed by atoms with Gasteiger partial charge in [0.1, 0.15) is 0 Å². The highest BCUT2D eigenvalue weighted by Gasteiger charge is 2.24. The Morgan fingerprint density at radius 2 is 1.69 bits per heavy atom. The fourth-order valence-corrected chi connectivity index (χ4v) is 4.55. The molecule has 1 aromatic rings. The van der Waals surface area contributed by atoms with E-state index in [1.54, 1.807) is 12.1 Å². The molecule has 0 aromatic heterocycles. The molecule has 1 fully saturated rings. The fourth-order valence-electron chi connectivity index (χ4n) is 3.03. The average Bonchev–Trinajstić information content (AvgIpc) is 3.05. The molecular formula is C22H31N3O6S. The molecule has 0 unspecified atom stereocenters. The lowest BCUT2D eigenvalue weighted by atomic mass is 10.2. The van der Waals surface area contributed by atoms with Crippen molar-refractivity contribution in [3.63, 3.8) is 0 Å². The van der Waals surface area contributed by atoms with Crippen LogP contribution >= 0.6 is 0 Å². The van der Waals surface area contributed by atoms with Crippen LogP contribution in [0.3, 0.4) is 0 Å². The molecule has 0 spiro atoms. The molecule has 2 rings (SSSR count). The third-order valence-electron chi connectivity index (χ3n) is 4.76. The van der Waals surface area contributed by atoms with Crippen molar-refractivity contribution in [3.05, 3.63) is 35.9 Å². The van der Waals surface area contributed by atoms with E-state index in [0.717, 1.165) is 31.8 Å². The van der Waals surface area contributed by atoms with Gasteiger partial charge >= 0.3 is 12.0 Å². The van der Waals surface area contributed by atoms with E-state index in [-0.39, 0.29) is 10.8 Å². The zero-order valence-corrected chi connectivity index (χ0v) is 19.3. The average molecular weight is 466 g/mol. The number of nitrogens with one attached hydrogen (secondary N) is 2. The van der Waals surface area contributed by atoms with Crippen LogP contribution in [0.25, 0.3) is 6.08 Å². The van der Waals surface area contributed by atoms with Crippen LogP contribution in [0.15, 0.2) is 35.2 Å². The van der Waals surface area contributed by atoms with E-state index < -0.39 is 34.5 Å². The first-order chi connectivity index (χ1) is 15.2. The van der Waals surface area contributed by atoms with Gasteiger partial charge in [0.25, 0.3) is 5.91 Å². The molecule has 32 heavy (non-hydrogen) atoms. The van der Waals surface area contributed by atoms with Gasteiger partial charge in [0, 0.05) is 25.7 Å². The normalized spacial score (nSPS) is 15.3. The molecule has 1 aliphatic rings. The molecular weight excluding hydrogens is 434 g/mol. The summed E-state index contributed by atoms with van der Waals surface area (Å²) in [5.41, 5.74) is 0.606. The Hall–Kier alpha value is -2.72. The second-order valence-corrected chi connectivity index (χ2v) is 9.92. The van der Waals surface area contributed by atoms with Gasteiger partial charge < -0.3 is 10.1 Å². The lowest BCUT2D eigenvalue weighted by molar-refractivity contribution is -0.143. The molecule has 3 amide bonds. The number of imide groups is 1. The maximum atomic E-state index is 12.8. The van der Waals surface area contributed by atoms with E-state index in [0.29, 0.717) is 25.2 Å². The van der Waals surface area contributed by atoms with Crippen LogP contribution in [0.2, 0.25) is 0 Å². The molecule has 1 aromatic carbocycles. The maximum absolute atomic E-state index is 12.8. The molecule has 0 saturated carbocycles. The molecule has 0 aliphatic carbocycles. The highest BCUT2D eigenvalue weighted by atomic mass is 32.2. The number of nitrogens with zero attached hydrogens (tertiary/aromatic N) is 1. The molecule has 1 aliphatic heterocycles. The van der Waals surface area contributed by atoms with E-state index in [4.69, 9.17) is 4.74 Å². The molecule has 2 N–H and O–H groups in total. The van der Waals surface area contributed by atoms with E-state index in [2.05, 4.69) is 10.6 Å². The summed E-state index contributed by atoms with van der Waals surface area (Å²) >= 11 is 0. The van der Waals surface area contributed by atoms with Crippen LogP contribution in [0, 0.1) is 5.92 Å². The van der Waals surface area contributed by atoms with Crippen molar-refractivity contribution < 1.29 is 27.5 Å². The number of carbonyl (C=O) groups excluding carboxylic acids is 3. The summed E-state index contributed by atoms with van der Waals surface area (Å²) in [5.74, 6) is -1.26. The molecule has 9 nitrogen and oxygen atoms in total. The zero-order valence-electron chi connectivity index (χ0n) is 18.5. The van der Waals surface area contributed by atoms with Crippen molar-refractivity contribution in [3.8, 4) is 0 Å². The van der Waals surface area contributed by atoms with E-state index >= 15 is 0 Å². The van der Waals surface area contributed by atoms with Crippen LogP contribution in [0.4, 0.5) is 4.79 Å². The Balaban J connectivity index is 1.83. The third kappa shape index (κ3) is 8.43. The van der Waals surface area contributed by atoms with Crippen LogP contribution in [-0.2, 0) is 24.3 Å². The summed E-state index contributed by atoms with van der Waals surface area (Å²) in [6.45, 7) is 4.72. The first-order valence-corrected chi connectivity index (χ1v) is 12.1. The predicted octanol–water partition coefficient (Wildman–Crippen LogP) is 2.29. The number of hydrogen-bond donors (Lipinski definition) is 2. The quantitative estimate of drug-likeness (QED) is 0.449. The Kier molecular flexibility index (Phi) is 9.86. The number of rotatable bonds is 8. The maximum Gasteiger partial charge on any atom is 0.331 e. The number of sulfonamides is 1. The van der Waals surface area contributed by atoms with Crippen LogP contribution in [0.1, 0.15) is 45.1 Å². The van der Waals surface area contributed by atoms with Gasteiger partial charge in [-0.05, 0) is 42.5 Å². The van der Waals surface area contributed by atoms with E-state index in [1.807, 2.05) is 13.8 Å². The van der Waals surface area contributed by atoms with Gasteiger partial charge in [-0.2, -0.15) is 4.31 Å². The number of benzene rings is 1. The van der Waals surface area contributed by atoms with Crippen molar-refractivity contribution in [1.29, 1.82) is 0 Å². The minimum atomic E-state index is -3.53. The van der Waals surface area contributed by atoms with Crippen molar-refractivity contribution in [2.45, 2.75) is 44.4 Å². The SMILES string of the molecule is CC(C)CNC(=O)NC(=O)COC(=O)/C=C/c1ccc(S(=O)(=O)N2CCCCCC2)cc1. The number of amides is 3. The van der Waals surface area contributed by atoms with Crippen LogP contribution < -0.4 is 10.6 Å². The van der Waals surface area contributed by atoms with Gasteiger partial charge in [-0.1, -0.05) is 38.8 Å². The van der Waals surface area contributed by atoms with Gasteiger partial charge in [-0.25, -0.2) is 18.0 Å². The second-order valence-electron chi connectivity index (χ2n) is 7.98. The Bertz CT molecular complexity index is 917. The second kappa shape index (κ2) is 12.4. The molecule has 1 heterocycles. The van der Waals surface area contributed by atoms with Gasteiger partial charge in [-0.15, -0.1) is 0 Å². The minimum absolute atomic E-state index is 0.214. The summed E-state index contributed by atoms with van der Waals surface area (Å²) in [6.07, 6.45) is 6.39. The van der Waals surface area contributed by atoms with Crippen LogP contribution in [0.5, 0.6) is 0 Å². The van der Waals surface area contributed by atoms with Gasteiger partial charge in [0.15, 0.2) is 6.61 Å². The molecule has 0 bridgehead atoms. The molecule has 1 saturated heterocycles. The Morgan fingerprint density at radius 3 is 2.28 bits per heavy atom. The number of urea groups is 1. The Morgan fingerprint density at radius 1 is 1.06 bits per heavy atom. The van der Waals surface area contributed by atoms with Crippen LogP contribution in [-0.4, -0.2) is 56.9 Å². The minimum Gasteiger partial charge on any atom is -0.452 e. The number of hydrogen-bond acceptors (Lipinski definition) is 6. The topological polar surface area (TPSA) is 122 Å². The lowest BCUT2D eigenvalue weighted by Gasteiger charge is -2.19. The first-order valence-electron chi connectivity index (χ1n) is 10.7. The molecule has 176 valence electrons. The highest BCUT2D eigenvalue weighted by molar-refractivity contribution is 7.89. The third-order valence-corrected chi connectivity index (χ3v) is 6.68. The molecule has 0 radical (unpaired) electrons. The van der Waals surface area contributed by atoms with E-state index in [1.165, 1.54) is 22.5 Å². The smallest absolute Gasteiger partial charge is 0.331 e. The number of esters is 1. The van der Waals surface area contributed by atoms with Crippen molar-refractivity contribution in [2.75, 3.05) is 26.2 Å². The monoisotopic (exact) mass is 465 g/mol. The van der Waals surface area contributed by atoms with Gasteiger partial charge in [0.2, 0.25) is 10.0 Å². The molecule has 10 heteroatoms. The van der Waals surface area contributed by atoms with Crippen molar-refractivity contribution in [1.82, 2.24) is 14.9 Å². The van der Waals surface area contributed by atoms with Crippen molar-refractivity contribution in [2.24, 2.45) is 5.92 Å². The first kappa shape index (κ1) is 25.5. The summed E-state index contributed by atoms with van der Waals surface area (Å²) in [4.78, 5) is 35.1. The number of ether oxygens (including phenoxy) is 1. The summed E-state index contributed by atoms with van der Waals surface area (Å²) in [7, 11) is -3.53. The van der Waals surface area contributed by atoms with Gasteiger partial charge in [-0.3, -0.25) is 10.1 Å². The summed E-state index contributed by atoms with van der Waals surface area (Å²) in [5, 5.41) is 4.58. The van der Waals surface area contributed by atoms with Crippen molar-refractivity contribution >= 4 is 34.0 Å². The zero-order chi connectivity index (χ0) is 23.6. The lowest BCUT2D eigenvalue weighted by Crippen LogP contribution is -2.42. The largest absolute Gasteiger partial charge is 0.452 e. The standard InChI is InChI=1S/C22H31N3O6S/c1-17(2)15-23-22(28)24-20(26)16-31-21(27)12-9-18-7-10-19(11-8-18)32(29,30)25-13-5-3-4-6-14-25/h7-12,17H,3-6,13-16H2,1-2H3,(H2,23,24,26,28)/b12-9+.